The van der Waals surface area contributed by atoms with Crippen LogP contribution in [0.25, 0.3) is 16.9 Å². The van der Waals surface area contributed by atoms with E-state index < -0.39 is 5.97 Å². The van der Waals surface area contributed by atoms with Gasteiger partial charge in [0.1, 0.15) is 5.82 Å². The van der Waals surface area contributed by atoms with Crippen LogP contribution in [0.15, 0.2) is 54.6 Å². The van der Waals surface area contributed by atoms with Crippen molar-refractivity contribution in [3.05, 3.63) is 77.2 Å². The first-order valence-corrected chi connectivity index (χ1v) is 10.6. The number of hydrogen-bond acceptors (Lipinski definition) is 1. The number of aromatic nitrogens is 1. The molecule has 1 aromatic heterocycles. The normalized spacial score (nSPS) is 16.3. The molecule has 1 atom stereocenters. The van der Waals surface area contributed by atoms with Gasteiger partial charge in [-0.15, -0.1) is 0 Å². The molecule has 2 aromatic carbocycles. The number of halogens is 1. The van der Waals surface area contributed by atoms with Crippen molar-refractivity contribution in [1.29, 1.82) is 0 Å². The molecule has 0 fully saturated rings. The van der Waals surface area contributed by atoms with Gasteiger partial charge < -0.3 is 9.67 Å². The number of carboxylic acids is 1. The number of fused-ring (bicyclic) bond motifs is 1. The Morgan fingerprint density at radius 1 is 1.17 bits per heavy atom. The summed E-state index contributed by atoms with van der Waals surface area (Å²) in [6.07, 6.45) is 4.20. The van der Waals surface area contributed by atoms with Gasteiger partial charge in [0.15, 0.2) is 0 Å². The number of nitrogens with zero attached hydrogens (tertiary/aromatic N) is 1. The van der Waals surface area contributed by atoms with E-state index in [0.717, 1.165) is 42.6 Å². The summed E-state index contributed by atoms with van der Waals surface area (Å²) in [7, 11) is 0. The monoisotopic (exact) mass is 405 g/mol. The van der Waals surface area contributed by atoms with Crippen LogP contribution in [-0.2, 0) is 12.8 Å². The lowest BCUT2D eigenvalue weighted by molar-refractivity contribution is 0.0697. The Labute approximate surface area is 177 Å². The third-order valence-corrected chi connectivity index (χ3v) is 6.90. The maximum Gasteiger partial charge on any atom is 0.335 e. The molecule has 1 aliphatic rings. The van der Waals surface area contributed by atoms with Crippen LogP contribution >= 0.6 is 0 Å². The highest BCUT2D eigenvalue weighted by Gasteiger charge is 2.33. The number of carboxylic acid groups (broad SMARTS) is 1. The lowest BCUT2D eigenvalue weighted by Gasteiger charge is -2.36. The van der Waals surface area contributed by atoms with Crippen LogP contribution in [0.2, 0.25) is 0 Å². The maximum atomic E-state index is 13.5. The largest absolute Gasteiger partial charge is 0.478 e. The highest BCUT2D eigenvalue weighted by Crippen LogP contribution is 2.42. The Morgan fingerprint density at radius 3 is 2.57 bits per heavy atom. The Hall–Kier alpha value is -2.88. The molecule has 156 valence electrons. The minimum atomic E-state index is -0.939. The van der Waals surface area contributed by atoms with Gasteiger partial charge in [-0.1, -0.05) is 33.3 Å². The van der Waals surface area contributed by atoms with E-state index in [2.05, 4.69) is 31.4 Å². The summed E-state index contributed by atoms with van der Waals surface area (Å²) in [5.74, 6) is -0.595. The van der Waals surface area contributed by atoms with Crippen molar-refractivity contribution < 1.29 is 14.3 Å². The van der Waals surface area contributed by atoms with Crippen molar-refractivity contribution in [1.82, 2.24) is 4.57 Å². The summed E-state index contributed by atoms with van der Waals surface area (Å²) in [6, 6.07) is 15.8. The highest BCUT2D eigenvalue weighted by atomic mass is 19.1. The Kier molecular flexibility index (Phi) is 5.27. The van der Waals surface area contributed by atoms with Gasteiger partial charge in [-0.3, -0.25) is 0 Å². The average molecular weight is 406 g/mol. The van der Waals surface area contributed by atoms with Gasteiger partial charge >= 0.3 is 5.97 Å². The molecule has 0 spiro atoms. The van der Waals surface area contributed by atoms with Crippen LogP contribution in [0.3, 0.4) is 0 Å². The van der Waals surface area contributed by atoms with Crippen LogP contribution in [0.4, 0.5) is 4.39 Å². The van der Waals surface area contributed by atoms with Crippen LogP contribution in [0.1, 0.15) is 55.2 Å². The molecule has 3 aromatic rings. The average Bonchev–Trinajstić information content (AvgIpc) is 3.13. The van der Waals surface area contributed by atoms with Crippen LogP contribution in [0, 0.1) is 17.2 Å². The third-order valence-electron chi connectivity index (χ3n) is 6.90. The first-order chi connectivity index (χ1) is 14.3. The fraction of sp³-hybridized carbons (Fsp3) is 0.346. The molecule has 0 saturated carbocycles. The van der Waals surface area contributed by atoms with Gasteiger partial charge in [-0.25, -0.2) is 9.18 Å². The second kappa shape index (κ2) is 7.75. The van der Waals surface area contributed by atoms with Crippen molar-refractivity contribution in [3.63, 3.8) is 0 Å². The molecule has 0 saturated heterocycles. The van der Waals surface area contributed by atoms with Gasteiger partial charge in [0, 0.05) is 11.4 Å². The molecule has 0 radical (unpaired) electrons. The zero-order chi connectivity index (χ0) is 21.5. The van der Waals surface area contributed by atoms with E-state index in [1.165, 1.54) is 23.4 Å². The Morgan fingerprint density at radius 2 is 1.90 bits per heavy atom. The zero-order valence-electron chi connectivity index (χ0n) is 17.8. The fourth-order valence-corrected chi connectivity index (χ4v) is 4.59. The Balaban J connectivity index is 1.87. The zero-order valence-corrected chi connectivity index (χ0v) is 17.8. The lowest BCUT2D eigenvalue weighted by atomic mass is 9.69. The van der Waals surface area contributed by atoms with Crippen LogP contribution in [-0.4, -0.2) is 15.6 Å². The molecule has 4 rings (SSSR count). The Bertz CT molecular complexity index is 1080. The number of rotatable bonds is 5. The number of hydrogen-bond donors (Lipinski definition) is 1. The van der Waals surface area contributed by atoms with Crippen molar-refractivity contribution in [3.8, 4) is 16.9 Å². The van der Waals surface area contributed by atoms with Gasteiger partial charge in [0.2, 0.25) is 0 Å². The summed E-state index contributed by atoms with van der Waals surface area (Å²) in [4.78, 5) is 11.5. The van der Waals surface area contributed by atoms with Gasteiger partial charge in [0.05, 0.1) is 11.3 Å². The van der Waals surface area contributed by atoms with E-state index >= 15 is 0 Å². The first-order valence-electron chi connectivity index (χ1n) is 10.6. The molecular weight excluding hydrogens is 377 g/mol. The van der Waals surface area contributed by atoms with Crippen LogP contribution in [0.5, 0.6) is 0 Å². The lowest BCUT2D eigenvalue weighted by Crippen LogP contribution is -2.29. The van der Waals surface area contributed by atoms with E-state index in [9.17, 15) is 14.3 Å². The van der Waals surface area contributed by atoms with Gasteiger partial charge in [-0.05, 0) is 90.3 Å². The fourth-order valence-electron chi connectivity index (χ4n) is 4.59. The molecule has 3 nitrogen and oxygen atoms in total. The molecular formula is C26H28FNO2. The smallest absolute Gasteiger partial charge is 0.335 e. The second-order valence-corrected chi connectivity index (χ2v) is 8.98. The van der Waals surface area contributed by atoms with E-state index in [4.69, 9.17) is 0 Å². The summed E-state index contributed by atoms with van der Waals surface area (Å²) in [5.41, 5.74) is 5.84. The number of aromatic carboxylic acids is 1. The maximum absolute atomic E-state index is 13.5. The summed E-state index contributed by atoms with van der Waals surface area (Å²) < 4.78 is 15.7. The van der Waals surface area contributed by atoms with Crippen molar-refractivity contribution in [2.45, 2.75) is 46.5 Å². The predicted molar refractivity (Wildman–Crippen MR) is 118 cm³/mol. The quantitative estimate of drug-likeness (QED) is 0.525. The van der Waals surface area contributed by atoms with E-state index in [1.807, 2.05) is 6.07 Å². The first kappa shape index (κ1) is 20.4. The highest BCUT2D eigenvalue weighted by molar-refractivity contribution is 5.88. The number of benzene rings is 2. The van der Waals surface area contributed by atoms with Crippen molar-refractivity contribution >= 4 is 5.97 Å². The molecule has 0 aliphatic heterocycles. The third kappa shape index (κ3) is 3.67. The SMILES string of the molecule is CCC(C)(C)C1CCc2c(cc(-c3ccc(F)cc3)n2-c2cccc(C(=O)O)c2)C1. The molecule has 0 bridgehead atoms. The summed E-state index contributed by atoms with van der Waals surface area (Å²) >= 11 is 0. The van der Waals surface area contributed by atoms with Crippen molar-refractivity contribution in [2.75, 3.05) is 0 Å². The van der Waals surface area contributed by atoms with E-state index in [0.29, 0.717) is 5.92 Å². The van der Waals surface area contributed by atoms with Crippen molar-refractivity contribution in [2.24, 2.45) is 11.3 Å². The minimum Gasteiger partial charge on any atom is -0.478 e. The van der Waals surface area contributed by atoms with Crippen LogP contribution < -0.4 is 0 Å². The number of carbonyl (C=O) groups is 1. The topological polar surface area (TPSA) is 42.2 Å². The summed E-state index contributed by atoms with van der Waals surface area (Å²) in [6.45, 7) is 6.94. The standard InChI is InChI=1S/C26H28FNO2/c1-4-26(2,3)20-10-13-23-19(14-20)16-24(17-8-11-21(27)12-9-17)28(23)22-7-5-6-18(15-22)25(29)30/h5-9,11-12,15-16,20H,4,10,13-14H2,1-3H3,(H,29,30). The predicted octanol–water partition coefficient (Wildman–Crippen LogP) is 6.52. The molecule has 1 heterocycles. The van der Waals surface area contributed by atoms with E-state index in [1.54, 1.807) is 30.3 Å². The molecule has 1 aliphatic carbocycles. The second-order valence-electron chi connectivity index (χ2n) is 8.98. The molecule has 4 heteroatoms. The molecule has 1 N–H and O–H groups in total. The molecule has 1 unspecified atom stereocenters. The summed E-state index contributed by atoms with van der Waals surface area (Å²) in [5, 5.41) is 9.46. The minimum absolute atomic E-state index is 0.265. The van der Waals surface area contributed by atoms with E-state index in [-0.39, 0.29) is 16.8 Å². The molecule has 0 amide bonds. The van der Waals surface area contributed by atoms with Gasteiger partial charge in [0.25, 0.3) is 0 Å². The van der Waals surface area contributed by atoms with Gasteiger partial charge in [-0.2, -0.15) is 0 Å². The molecule has 30 heavy (non-hydrogen) atoms.